The van der Waals surface area contributed by atoms with Crippen LogP contribution in [-0.4, -0.2) is 25.2 Å². The molecule has 0 aliphatic heterocycles. The molecule has 0 radical (unpaired) electrons. The van der Waals surface area contributed by atoms with Gasteiger partial charge in [-0.1, -0.05) is 30.3 Å². The van der Waals surface area contributed by atoms with Crippen molar-refractivity contribution >= 4 is 11.4 Å². The monoisotopic (exact) mass is 291 g/mol. The van der Waals surface area contributed by atoms with Crippen molar-refractivity contribution in [2.24, 2.45) is 12.0 Å². The van der Waals surface area contributed by atoms with Crippen LogP contribution < -0.4 is 0 Å². The second-order valence-electron chi connectivity index (χ2n) is 5.12. The van der Waals surface area contributed by atoms with Crippen LogP contribution in [0.15, 0.2) is 54.0 Å². The topological polar surface area (TPSA) is 56.0 Å². The minimum atomic E-state index is 0.718. The van der Waals surface area contributed by atoms with Gasteiger partial charge in [0.2, 0.25) is 0 Å². The molecule has 0 saturated heterocycles. The predicted molar refractivity (Wildman–Crippen MR) is 87.3 cm³/mol. The van der Waals surface area contributed by atoms with Gasteiger partial charge in [0.25, 0.3) is 0 Å². The fourth-order valence-corrected chi connectivity index (χ4v) is 2.24. The second-order valence-corrected chi connectivity index (χ2v) is 5.12. The van der Waals surface area contributed by atoms with E-state index in [4.69, 9.17) is 0 Å². The number of nitrogens with zero attached hydrogens (tertiary/aromatic N) is 5. The van der Waals surface area contributed by atoms with Crippen molar-refractivity contribution in [1.82, 2.24) is 19.5 Å². The summed E-state index contributed by atoms with van der Waals surface area (Å²) in [6.45, 7) is 3.91. The van der Waals surface area contributed by atoms with Crippen molar-refractivity contribution in [3.63, 3.8) is 0 Å². The highest BCUT2D eigenvalue weighted by molar-refractivity contribution is 5.98. The number of aryl methyl sites for hydroxylation is 2. The number of hydrogen-bond donors (Lipinski definition) is 0. The normalized spacial score (nSPS) is 11.7. The van der Waals surface area contributed by atoms with Crippen LogP contribution in [0.5, 0.6) is 0 Å². The Labute approximate surface area is 129 Å². The summed E-state index contributed by atoms with van der Waals surface area (Å²) in [7, 11) is 1.95. The number of aliphatic imine (C=N–C) groups is 1. The lowest BCUT2D eigenvalue weighted by Crippen LogP contribution is -2.02. The molecule has 0 amide bonds. The number of imidazole rings is 1. The third-order valence-electron chi connectivity index (χ3n) is 3.46. The van der Waals surface area contributed by atoms with Gasteiger partial charge in [0.05, 0.1) is 35.8 Å². The Balaban J connectivity index is 1.95. The first-order valence-electron chi connectivity index (χ1n) is 7.06. The molecule has 0 atom stereocenters. The Bertz CT molecular complexity index is 818. The summed E-state index contributed by atoms with van der Waals surface area (Å²) in [5, 5.41) is 0. The van der Waals surface area contributed by atoms with Gasteiger partial charge in [-0.25, -0.2) is 19.9 Å². The van der Waals surface area contributed by atoms with Crippen LogP contribution in [0.1, 0.15) is 18.3 Å². The number of rotatable bonds is 3. The van der Waals surface area contributed by atoms with Gasteiger partial charge >= 0.3 is 0 Å². The molecule has 5 nitrogen and oxygen atoms in total. The maximum Gasteiger partial charge on any atom is 0.159 e. The lowest BCUT2D eigenvalue weighted by atomic mass is 10.2. The SMILES string of the molecule is CC(=Nc1cnc(-c2ccccc2)nc1C)c1cncn1C. The number of benzene rings is 1. The van der Waals surface area contributed by atoms with Crippen LogP contribution in [0.25, 0.3) is 11.4 Å². The molecular weight excluding hydrogens is 274 g/mol. The van der Waals surface area contributed by atoms with E-state index < -0.39 is 0 Å². The summed E-state index contributed by atoms with van der Waals surface area (Å²) in [6.07, 6.45) is 5.33. The van der Waals surface area contributed by atoms with Crippen LogP contribution in [0, 0.1) is 6.92 Å². The molecule has 22 heavy (non-hydrogen) atoms. The second kappa shape index (κ2) is 5.89. The molecule has 0 saturated carbocycles. The van der Waals surface area contributed by atoms with E-state index >= 15 is 0 Å². The highest BCUT2D eigenvalue weighted by Crippen LogP contribution is 2.21. The van der Waals surface area contributed by atoms with E-state index in [1.54, 1.807) is 18.7 Å². The molecule has 0 fully saturated rings. The zero-order valence-corrected chi connectivity index (χ0v) is 12.9. The quantitative estimate of drug-likeness (QED) is 0.695. The molecule has 2 heterocycles. The maximum atomic E-state index is 4.63. The van der Waals surface area contributed by atoms with Crippen LogP contribution >= 0.6 is 0 Å². The summed E-state index contributed by atoms with van der Waals surface area (Å²) in [6, 6.07) is 9.93. The standard InChI is InChI=1S/C17H17N5/c1-12-15(20-13(2)16-10-18-11-22(16)3)9-19-17(21-12)14-7-5-4-6-8-14/h4-11H,1-3H3. The molecule has 3 rings (SSSR count). The third kappa shape index (κ3) is 2.79. The fourth-order valence-electron chi connectivity index (χ4n) is 2.24. The van der Waals surface area contributed by atoms with E-state index in [9.17, 15) is 0 Å². The lowest BCUT2D eigenvalue weighted by molar-refractivity contribution is 0.901. The molecule has 0 unspecified atom stereocenters. The van der Waals surface area contributed by atoms with Gasteiger partial charge in [-0.2, -0.15) is 0 Å². The Kier molecular flexibility index (Phi) is 3.78. The highest BCUT2D eigenvalue weighted by Gasteiger charge is 2.07. The Morgan fingerprint density at radius 3 is 2.55 bits per heavy atom. The third-order valence-corrected chi connectivity index (χ3v) is 3.46. The van der Waals surface area contributed by atoms with Crippen LogP contribution in [0.4, 0.5) is 5.69 Å². The molecule has 1 aromatic carbocycles. The predicted octanol–water partition coefficient (Wildman–Crippen LogP) is 3.33. The summed E-state index contributed by atoms with van der Waals surface area (Å²) in [5.74, 6) is 0.718. The minimum Gasteiger partial charge on any atom is -0.333 e. The van der Waals surface area contributed by atoms with Crippen LogP contribution in [-0.2, 0) is 7.05 Å². The molecule has 0 spiro atoms. The van der Waals surface area contributed by atoms with E-state index in [1.165, 1.54) is 0 Å². The van der Waals surface area contributed by atoms with Crippen molar-refractivity contribution in [1.29, 1.82) is 0 Å². The van der Waals surface area contributed by atoms with E-state index in [0.717, 1.165) is 34.2 Å². The van der Waals surface area contributed by atoms with Crippen molar-refractivity contribution in [3.05, 3.63) is 60.4 Å². The molecule has 3 aromatic rings. The summed E-state index contributed by atoms with van der Waals surface area (Å²) in [5.41, 5.74) is 4.50. The Hall–Kier alpha value is -2.82. The molecule has 5 heteroatoms. The van der Waals surface area contributed by atoms with Gasteiger partial charge in [-0.3, -0.25) is 0 Å². The first-order valence-corrected chi connectivity index (χ1v) is 7.06. The van der Waals surface area contributed by atoms with E-state index in [0.29, 0.717) is 0 Å². The summed E-state index contributed by atoms with van der Waals surface area (Å²) in [4.78, 5) is 17.7. The Morgan fingerprint density at radius 2 is 1.91 bits per heavy atom. The van der Waals surface area contributed by atoms with E-state index in [1.807, 2.05) is 55.8 Å². The largest absolute Gasteiger partial charge is 0.333 e. The van der Waals surface area contributed by atoms with Crippen LogP contribution in [0.2, 0.25) is 0 Å². The fraction of sp³-hybridized carbons (Fsp3) is 0.176. The maximum absolute atomic E-state index is 4.63. The molecule has 110 valence electrons. The van der Waals surface area contributed by atoms with E-state index in [-0.39, 0.29) is 0 Å². The molecule has 2 aromatic heterocycles. The van der Waals surface area contributed by atoms with Crippen molar-refractivity contribution in [3.8, 4) is 11.4 Å². The van der Waals surface area contributed by atoms with E-state index in [2.05, 4.69) is 19.9 Å². The average Bonchev–Trinajstić information content (AvgIpc) is 2.96. The molecular formula is C17H17N5. The van der Waals surface area contributed by atoms with Gasteiger partial charge in [0.1, 0.15) is 5.69 Å². The number of aromatic nitrogens is 4. The van der Waals surface area contributed by atoms with Crippen molar-refractivity contribution < 1.29 is 0 Å². The average molecular weight is 291 g/mol. The molecule has 0 aliphatic rings. The Morgan fingerprint density at radius 1 is 1.14 bits per heavy atom. The van der Waals surface area contributed by atoms with Crippen molar-refractivity contribution in [2.75, 3.05) is 0 Å². The van der Waals surface area contributed by atoms with Gasteiger partial charge < -0.3 is 4.57 Å². The van der Waals surface area contributed by atoms with Gasteiger partial charge in [-0.15, -0.1) is 0 Å². The molecule has 0 N–H and O–H groups in total. The van der Waals surface area contributed by atoms with Gasteiger partial charge in [0.15, 0.2) is 5.82 Å². The number of hydrogen-bond acceptors (Lipinski definition) is 4. The van der Waals surface area contributed by atoms with Gasteiger partial charge in [0, 0.05) is 12.6 Å². The van der Waals surface area contributed by atoms with Gasteiger partial charge in [-0.05, 0) is 13.8 Å². The highest BCUT2D eigenvalue weighted by atomic mass is 15.0. The first-order chi connectivity index (χ1) is 10.6. The minimum absolute atomic E-state index is 0.718. The zero-order chi connectivity index (χ0) is 15.5. The first kappa shape index (κ1) is 14.1. The molecule has 0 aliphatic carbocycles. The lowest BCUT2D eigenvalue weighted by Gasteiger charge is -2.06. The summed E-state index contributed by atoms with van der Waals surface area (Å²) >= 11 is 0. The smallest absolute Gasteiger partial charge is 0.159 e. The zero-order valence-electron chi connectivity index (χ0n) is 12.9. The summed E-state index contributed by atoms with van der Waals surface area (Å²) < 4.78 is 1.94. The van der Waals surface area contributed by atoms with Crippen molar-refractivity contribution in [2.45, 2.75) is 13.8 Å². The van der Waals surface area contributed by atoms with Crippen LogP contribution in [0.3, 0.4) is 0 Å². The molecule has 0 bridgehead atoms.